The third-order valence-electron chi connectivity index (χ3n) is 14.6. The molecule has 6 rings (SSSR count). The SMILES string of the molecule is CC1=CC(C)=N/C(=C\C[C@]23CCC(C)(C)C[C@@]2(C)[C@H]2C(=O)C=C4[C@@]5(C)C=C(C#N)C(=O)C(C)(C)C5CC[C@@]4(C)[C@]2(C)CC3)C1. The Bertz CT molecular complexity index is 1540. The summed E-state index contributed by atoms with van der Waals surface area (Å²) in [5.74, 6) is 0.245. The lowest BCUT2D eigenvalue weighted by atomic mass is 9.31. The van der Waals surface area contributed by atoms with Gasteiger partial charge in [0.25, 0.3) is 0 Å². The minimum atomic E-state index is -0.639. The molecule has 44 heavy (non-hydrogen) atoms. The molecular formula is C40H54N2O2. The number of aliphatic imine (C=N–C) groups is 1. The summed E-state index contributed by atoms with van der Waals surface area (Å²) in [7, 11) is 0. The fourth-order valence-electron chi connectivity index (χ4n) is 12.4. The lowest BCUT2D eigenvalue weighted by Gasteiger charge is -2.72. The lowest BCUT2D eigenvalue weighted by Crippen LogP contribution is -2.68. The van der Waals surface area contributed by atoms with Gasteiger partial charge in [-0.15, -0.1) is 0 Å². The number of ketones is 2. The Morgan fingerprint density at radius 1 is 0.932 bits per heavy atom. The molecule has 0 aromatic rings. The van der Waals surface area contributed by atoms with Gasteiger partial charge in [-0.3, -0.25) is 14.6 Å². The minimum absolute atomic E-state index is 0.0467. The number of carbonyl (C=O) groups is 2. The van der Waals surface area contributed by atoms with Crippen LogP contribution < -0.4 is 0 Å². The Labute approximate surface area is 266 Å². The van der Waals surface area contributed by atoms with Crippen molar-refractivity contribution in [1.29, 1.82) is 5.26 Å². The average molecular weight is 595 g/mol. The summed E-state index contributed by atoms with van der Waals surface area (Å²) < 4.78 is 0. The van der Waals surface area contributed by atoms with Crippen LogP contribution in [0.1, 0.15) is 127 Å². The van der Waals surface area contributed by atoms with Gasteiger partial charge in [-0.05, 0) is 110 Å². The van der Waals surface area contributed by atoms with Crippen LogP contribution in [-0.4, -0.2) is 17.3 Å². The number of rotatable bonds is 2. The second kappa shape index (κ2) is 9.49. The maximum atomic E-state index is 15.0. The van der Waals surface area contributed by atoms with Gasteiger partial charge in [0.05, 0.1) is 5.57 Å². The summed E-state index contributed by atoms with van der Waals surface area (Å²) in [5.41, 5.74) is 3.64. The van der Waals surface area contributed by atoms with E-state index in [1.807, 2.05) is 26.0 Å². The highest BCUT2D eigenvalue weighted by molar-refractivity contribution is 6.04. The zero-order valence-electron chi connectivity index (χ0n) is 29.0. The summed E-state index contributed by atoms with van der Waals surface area (Å²) in [6.45, 7) is 22.7. The number of hydrogen-bond donors (Lipinski definition) is 0. The molecule has 1 heterocycles. The Kier molecular flexibility index (Phi) is 6.78. The molecular weight excluding hydrogens is 540 g/mol. The topological polar surface area (TPSA) is 70.3 Å². The monoisotopic (exact) mass is 594 g/mol. The molecule has 0 amide bonds. The molecule has 0 saturated heterocycles. The van der Waals surface area contributed by atoms with Crippen molar-refractivity contribution < 1.29 is 9.59 Å². The van der Waals surface area contributed by atoms with Crippen LogP contribution in [0.4, 0.5) is 0 Å². The van der Waals surface area contributed by atoms with Crippen LogP contribution in [-0.2, 0) is 9.59 Å². The zero-order valence-corrected chi connectivity index (χ0v) is 29.0. The van der Waals surface area contributed by atoms with Crippen molar-refractivity contribution in [2.45, 2.75) is 127 Å². The van der Waals surface area contributed by atoms with Gasteiger partial charge in [-0.2, -0.15) is 5.26 Å². The van der Waals surface area contributed by atoms with Crippen LogP contribution in [0.2, 0.25) is 0 Å². The molecule has 0 aromatic carbocycles. The van der Waals surface area contributed by atoms with Gasteiger partial charge in [-0.25, -0.2) is 0 Å². The van der Waals surface area contributed by atoms with Crippen molar-refractivity contribution in [3.05, 3.63) is 46.7 Å². The first kappa shape index (κ1) is 31.4. The highest BCUT2D eigenvalue weighted by Crippen LogP contribution is 2.78. The largest absolute Gasteiger partial charge is 0.295 e. The molecule has 4 heteroatoms. The van der Waals surface area contributed by atoms with Gasteiger partial charge in [-0.1, -0.05) is 78.7 Å². The van der Waals surface area contributed by atoms with Gasteiger partial charge in [0.1, 0.15) is 6.07 Å². The molecule has 1 unspecified atom stereocenters. The number of fused-ring (bicyclic) bond motifs is 7. The second-order valence-corrected chi connectivity index (χ2v) is 18.1. The van der Waals surface area contributed by atoms with Crippen LogP contribution in [0.15, 0.2) is 51.7 Å². The van der Waals surface area contributed by atoms with Crippen molar-refractivity contribution in [2.75, 3.05) is 0 Å². The number of nitrogens with zero attached hydrogens (tertiary/aromatic N) is 2. The van der Waals surface area contributed by atoms with E-state index < -0.39 is 10.8 Å². The molecule has 0 N–H and O–H groups in total. The molecule has 6 aliphatic rings. The van der Waals surface area contributed by atoms with E-state index >= 15 is 0 Å². The molecule has 0 spiro atoms. The molecule has 3 fully saturated rings. The van der Waals surface area contributed by atoms with Crippen molar-refractivity contribution in [2.24, 2.45) is 54.7 Å². The zero-order chi connectivity index (χ0) is 32.3. The number of hydrogen-bond acceptors (Lipinski definition) is 4. The summed E-state index contributed by atoms with van der Waals surface area (Å²) in [4.78, 5) is 33.3. The van der Waals surface area contributed by atoms with Gasteiger partial charge in [0.2, 0.25) is 0 Å². The van der Waals surface area contributed by atoms with Crippen molar-refractivity contribution in [3.8, 4) is 6.07 Å². The Morgan fingerprint density at radius 3 is 2.27 bits per heavy atom. The van der Waals surface area contributed by atoms with Gasteiger partial charge in [0.15, 0.2) is 11.6 Å². The molecule has 236 valence electrons. The van der Waals surface area contributed by atoms with E-state index in [0.29, 0.717) is 0 Å². The van der Waals surface area contributed by atoms with E-state index in [2.05, 4.69) is 73.6 Å². The minimum Gasteiger partial charge on any atom is -0.295 e. The maximum absolute atomic E-state index is 15.0. The molecule has 0 radical (unpaired) electrons. The van der Waals surface area contributed by atoms with Crippen LogP contribution in [0.3, 0.4) is 0 Å². The number of carbonyl (C=O) groups excluding carboxylic acids is 2. The smallest absolute Gasteiger partial charge is 0.178 e. The Morgan fingerprint density at radius 2 is 1.61 bits per heavy atom. The van der Waals surface area contributed by atoms with Gasteiger partial charge in [0, 0.05) is 34.6 Å². The highest BCUT2D eigenvalue weighted by atomic mass is 16.1. The van der Waals surface area contributed by atoms with Crippen LogP contribution >= 0.6 is 0 Å². The third kappa shape index (κ3) is 4.02. The third-order valence-corrected chi connectivity index (χ3v) is 14.6. The fraction of sp³-hybridized carbons (Fsp3) is 0.700. The molecule has 5 aliphatic carbocycles. The van der Waals surface area contributed by atoms with E-state index in [-0.39, 0.29) is 56.1 Å². The van der Waals surface area contributed by atoms with Crippen LogP contribution in [0.25, 0.3) is 0 Å². The molecule has 1 aliphatic heterocycles. The molecule has 3 saturated carbocycles. The molecule has 0 aromatic heterocycles. The van der Waals surface area contributed by atoms with Gasteiger partial charge < -0.3 is 0 Å². The number of allylic oxidation sites excluding steroid dienone is 7. The molecule has 4 nitrogen and oxygen atoms in total. The summed E-state index contributed by atoms with van der Waals surface area (Å²) in [6.07, 6.45) is 17.9. The highest BCUT2D eigenvalue weighted by Gasteiger charge is 2.72. The van der Waals surface area contributed by atoms with Crippen LogP contribution in [0, 0.1) is 61.1 Å². The van der Waals surface area contributed by atoms with E-state index in [1.165, 1.54) is 23.3 Å². The van der Waals surface area contributed by atoms with E-state index in [4.69, 9.17) is 4.99 Å². The number of Topliss-reactive ketones (excluding diaryl/α,β-unsaturated/α-hetero) is 1. The summed E-state index contributed by atoms with van der Waals surface area (Å²) >= 11 is 0. The van der Waals surface area contributed by atoms with E-state index in [0.717, 1.165) is 57.1 Å². The Hall–Kier alpha value is -2.54. The lowest BCUT2D eigenvalue weighted by molar-refractivity contribution is -0.205. The van der Waals surface area contributed by atoms with E-state index in [9.17, 15) is 14.9 Å². The summed E-state index contributed by atoms with van der Waals surface area (Å²) in [6, 6.07) is 2.24. The number of nitriles is 1. The first-order chi connectivity index (χ1) is 20.3. The van der Waals surface area contributed by atoms with Crippen molar-refractivity contribution >= 4 is 17.3 Å². The number of dihydropyridines is 1. The predicted octanol–water partition coefficient (Wildman–Crippen LogP) is 9.68. The van der Waals surface area contributed by atoms with Crippen molar-refractivity contribution in [3.63, 3.8) is 0 Å². The van der Waals surface area contributed by atoms with Gasteiger partial charge >= 0.3 is 0 Å². The fourth-order valence-corrected chi connectivity index (χ4v) is 12.4. The Balaban J connectivity index is 1.49. The average Bonchev–Trinajstić information content (AvgIpc) is 2.90. The second-order valence-electron chi connectivity index (χ2n) is 18.1. The molecule has 0 bridgehead atoms. The van der Waals surface area contributed by atoms with Crippen LogP contribution in [0.5, 0.6) is 0 Å². The first-order valence-electron chi connectivity index (χ1n) is 17.1. The quantitative estimate of drug-likeness (QED) is 0.319. The first-order valence-corrected chi connectivity index (χ1v) is 17.1. The summed E-state index contributed by atoms with van der Waals surface area (Å²) in [5, 5.41) is 10.0. The van der Waals surface area contributed by atoms with Crippen molar-refractivity contribution in [1.82, 2.24) is 0 Å². The molecule has 7 atom stereocenters. The predicted molar refractivity (Wildman–Crippen MR) is 178 cm³/mol. The van der Waals surface area contributed by atoms with E-state index in [1.54, 1.807) is 0 Å². The maximum Gasteiger partial charge on any atom is 0.178 e. The standard InChI is InChI=1S/C40H54N2O2/c1-25-19-26(2)42-28(20-25)11-14-40-17-15-34(3,4)24-39(40,10)32-29(43)21-31-36(7)22-27(23-41)33(44)35(5,6)30(36)12-13-37(31,8)38(32,9)16-18-40/h11,19,21-22,30,32H,12-18,20,24H2,1-10H3/b28-11-/t30?,32-,36-,37+,38+,39-,40+/m0/s1. The normalized spacial score (nSPS) is 45.0.